The van der Waals surface area contributed by atoms with E-state index in [0.717, 1.165) is 6.42 Å². The molecule has 0 heterocycles. The van der Waals surface area contributed by atoms with Gasteiger partial charge in [-0.25, -0.2) is 0 Å². The quantitative estimate of drug-likeness (QED) is 0.530. The molecule has 0 rings (SSSR count). The van der Waals surface area contributed by atoms with Crippen LogP contribution in [0.15, 0.2) is 0 Å². The standard InChI is InChI=1S/C7H16O4SSi.K/c1-5-6-7(12)11-13(8-2,9-3)10-4;/h5-6H2,1-4H3;. The number of thiocarbonyl (C=S) groups is 1. The number of rotatable bonds is 6. The smallest absolute Gasteiger partial charge is 0.474 e. The number of hydrogen-bond acceptors (Lipinski definition) is 5. The summed E-state index contributed by atoms with van der Waals surface area (Å²) in [6, 6.07) is 0. The van der Waals surface area contributed by atoms with Crippen molar-refractivity contribution in [2.24, 2.45) is 0 Å². The molecule has 0 aromatic heterocycles. The molecule has 0 saturated carbocycles. The SMILES string of the molecule is CCCC(=S)O[Si](OC)(OC)OC.[K]. The maximum Gasteiger partial charge on any atom is 0.749 e. The Labute approximate surface area is 135 Å². The zero-order chi connectivity index (χ0) is 10.3. The van der Waals surface area contributed by atoms with Crippen LogP contribution in [0.5, 0.6) is 0 Å². The fourth-order valence-electron chi connectivity index (χ4n) is 0.770. The summed E-state index contributed by atoms with van der Waals surface area (Å²) in [4.78, 5) is 0. The monoisotopic (exact) mass is 263 g/mol. The Morgan fingerprint density at radius 1 is 1.14 bits per heavy atom. The van der Waals surface area contributed by atoms with Crippen LogP contribution in [0.1, 0.15) is 19.8 Å². The third-order valence-corrected chi connectivity index (χ3v) is 3.87. The first-order valence-electron chi connectivity index (χ1n) is 4.01. The van der Waals surface area contributed by atoms with Gasteiger partial charge in [0.1, 0.15) is 0 Å². The largest absolute Gasteiger partial charge is 0.749 e. The van der Waals surface area contributed by atoms with E-state index in [-0.39, 0.29) is 51.4 Å². The van der Waals surface area contributed by atoms with Crippen LogP contribution in [0.4, 0.5) is 0 Å². The van der Waals surface area contributed by atoms with Crippen molar-refractivity contribution < 1.29 is 17.7 Å². The van der Waals surface area contributed by atoms with E-state index in [0.29, 0.717) is 11.5 Å². The van der Waals surface area contributed by atoms with Gasteiger partial charge in [0.15, 0.2) is 5.05 Å². The molecule has 0 aliphatic carbocycles. The molecule has 0 aliphatic heterocycles. The predicted molar refractivity (Wildman–Crippen MR) is 61.1 cm³/mol. The molecular formula is C7H16KO4SSi. The van der Waals surface area contributed by atoms with Crippen LogP contribution < -0.4 is 0 Å². The first-order chi connectivity index (χ1) is 6.14. The predicted octanol–water partition coefficient (Wildman–Crippen LogP) is 1.12. The van der Waals surface area contributed by atoms with E-state index in [4.69, 9.17) is 29.9 Å². The molecule has 0 fully saturated rings. The van der Waals surface area contributed by atoms with Crippen LogP contribution >= 0.6 is 12.2 Å². The topological polar surface area (TPSA) is 36.9 Å². The molecule has 0 aromatic rings. The van der Waals surface area contributed by atoms with Gasteiger partial charge in [-0.1, -0.05) is 6.92 Å². The molecule has 0 atom stereocenters. The van der Waals surface area contributed by atoms with Gasteiger partial charge in [0.2, 0.25) is 0 Å². The van der Waals surface area contributed by atoms with Crippen molar-refractivity contribution in [3.8, 4) is 0 Å². The van der Waals surface area contributed by atoms with Gasteiger partial charge in [0, 0.05) is 79.1 Å². The van der Waals surface area contributed by atoms with Crippen molar-refractivity contribution in [3.05, 3.63) is 0 Å². The summed E-state index contributed by atoms with van der Waals surface area (Å²) >= 11 is 4.97. The summed E-state index contributed by atoms with van der Waals surface area (Å²) in [5.74, 6) is 0. The van der Waals surface area contributed by atoms with Gasteiger partial charge in [-0.3, -0.25) is 0 Å². The van der Waals surface area contributed by atoms with Crippen LogP contribution in [0.25, 0.3) is 0 Å². The average molecular weight is 263 g/mol. The molecule has 0 spiro atoms. The van der Waals surface area contributed by atoms with Crippen LogP contribution in [-0.4, -0.2) is 86.8 Å². The van der Waals surface area contributed by atoms with Crippen LogP contribution in [0.2, 0.25) is 0 Å². The summed E-state index contributed by atoms with van der Waals surface area (Å²) in [5.41, 5.74) is 0. The summed E-state index contributed by atoms with van der Waals surface area (Å²) < 4.78 is 20.4. The van der Waals surface area contributed by atoms with Gasteiger partial charge in [0.25, 0.3) is 0 Å². The molecule has 1 radical (unpaired) electrons. The molecule has 0 amide bonds. The molecule has 79 valence electrons. The molecule has 0 aromatic carbocycles. The summed E-state index contributed by atoms with van der Waals surface area (Å²) in [6.45, 7) is 2.02. The molecule has 0 bridgehead atoms. The van der Waals surface area contributed by atoms with Gasteiger partial charge in [0.05, 0.1) is 0 Å². The van der Waals surface area contributed by atoms with Crippen LogP contribution in [0, 0.1) is 0 Å². The first kappa shape index (κ1) is 18.0. The van der Waals surface area contributed by atoms with E-state index >= 15 is 0 Å². The van der Waals surface area contributed by atoms with E-state index in [1.807, 2.05) is 6.92 Å². The Balaban J connectivity index is 0. The van der Waals surface area contributed by atoms with Crippen LogP contribution in [-0.2, 0) is 17.7 Å². The normalized spacial score (nSPS) is 10.6. The number of hydrogen-bond donors (Lipinski definition) is 0. The Morgan fingerprint density at radius 2 is 1.57 bits per heavy atom. The molecule has 7 heteroatoms. The Bertz CT molecular complexity index is 158. The zero-order valence-electron chi connectivity index (χ0n) is 9.46. The summed E-state index contributed by atoms with van der Waals surface area (Å²) in [6.07, 6.45) is 1.64. The summed E-state index contributed by atoms with van der Waals surface area (Å²) in [5, 5.41) is 0.472. The molecule has 0 unspecified atom stereocenters. The second-order valence-electron chi connectivity index (χ2n) is 2.34. The van der Waals surface area contributed by atoms with Crippen molar-refractivity contribution in [2.45, 2.75) is 19.8 Å². The summed E-state index contributed by atoms with van der Waals surface area (Å²) in [7, 11) is 1.48. The fraction of sp³-hybridized carbons (Fsp3) is 0.857. The van der Waals surface area contributed by atoms with Crippen molar-refractivity contribution in [2.75, 3.05) is 21.3 Å². The fourth-order valence-corrected chi connectivity index (χ4v) is 2.41. The second kappa shape index (κ2) is 9.82. The van der Waals surface area contributed by atoms with Crippen molar-refractivity contribution in [3.63, 3.8) is 0 Å². The van der Waals surface area contributed by atoms with E-state index in [1.54, 1.807) is 0 Å². The first-order valence-corrected chi connectivity index (χ1v) is 6.05. The van der Waals surface area contributed by atoms with Gasteiger partial charge < -0.3 is 17.7 Å². The molecule has 0 aliphatic rings. The minimum atomic E-state index is -2.96. The molecule has 0 N–H and O–H groups in total. The Hall–Kier alpha value is 1.62. The zero-order valence-corrected chi connectivity index (χ0v) is 14.4. The van der Waals surface area contributed by atoms with Crippen molar-refractivity contribution >= 4 is 77.7 Å². The van der Waals surface area contributed by atoms with Gasteiger partial charge in [-0.05, 0) is 18.6 Å². The Morgan fingerprint density at radius 3 is 1.86 bits per heavy atom. The van der Waals surface area contributed by atoms with Gasteiger partial charge in [-0.2, -0.15) is 0 Å². The maximum atomic E-state index is 5.33. The molecular weight excluding hydrogens is 247 g/mol. The van der Waals surface area contributed by atoms with Crippen molar-refractivity contribution in [1.82, 2.24) is 0 Å². The molecule has 14 heavy (non-hydrogen) atoms. The molecule has 4 nitrogen and oxygen atoms in total. The third kappa shape index (κ3) is 6.26. The maximum absolute atomic E-state index is 5.33. The van der Waals surface area contributed by atoms with E-state index in [2.05, 4.69) is 0 Å². The minimum absolute atomic E-state index is 0. The van der Waals surface area contributed by atoms with Crippen LogP contribution in [0.3, 0.4) is 0 Å². The van der Waals surface area contributed by atoms with Gasteiger partial charge >= 0.3 is 9.05 Å². The second-order valence-corrected chi connectivity index (χ2v) is 5.22. The van der Waals surface area contributed by atoms with E-state index in [9.17, 15) is 0 Å². The third-order valence-electron chi connectivity index (χ3n) is 1.44. The minimum Gasteiger partial charge on any atom is -0.474 e. The average Bonchev–Trinajstić information content (AvgIpc) is 2.15. The van der Waals surface area contributed by atoms with Crippen molar-refractivity contribution in [1.29, 1.82) is 0 Å². The molecule has 0 saturated heterocycles. The van der Waals surface area contributed by atoms with E-state index in [1.165, 1.54) is 21.3 Å². The van der Waals surface area contributed by atoms with Gasteiger partial charge in [-0.15, -0.1) is 0 Å². The van der Waals surface area contributed by atoms with E-state index < -0.39 is 9.05 Å². The Kier molecular flexibility index (Phi) is 12.6.